The summed E-state index contributed by atoms with van der Waals surface area (Å²) in [5.74, 6) is 0.219. The SMILES string of the molecule is OCCCC1Cc2cc(F)ccc2Cc2ccccc21. The van der Waals surface area contributed by atoms with Crippen LogP contribution < -0.4 is 0 Å². The molecule has 104 valence electrons. The van der Waals surface area contributed by atoms with E-state index >= 15 is 0 Å². The number of fused-ring (bicyclic) bond motifs is 2. The molecule has 0 spiro atoms. The van der Waals surface area contributed by atoms with Crippen molar-refractivity contribution in [3.05, 3.63) is 70.5 Å². The van der Waals surface area contributed by atoms with Crippen LogP contribution in [0.5, 0.6) is 0 Å². The van der Waals surface area contributed by atoms with Crippen LogP contribution in [0.2, 0.25) is 0 Å². The van der Waals surface area contributed by atoms with Crippen molar-refractivity contribution in [2.45, 2.75) is 31.6 Å². The molecular formula is C18H19FO. The van der Waals surface area contributed by atoms with Gasteiger partial charge in [-0.05, 0) is 66.0 Å². The second kappa shape index (κ2) is 5.76. The number of benzene rings is 2. The van der Waals surface area contributed by atoms with Crippen molar-refractivity contribution in [3.8, 4) is 0 Å². The topological polar surface area (TPSA) is 20.2 Å². The first kappa shape index (κ1) is 13.3. The van der Waals surface area contributed by atoms with E-state index in [4.69, 9.17) is 5.11 Å². The summed E-state index contributed by atoms with van der Waals surface area (Å²) in [4.78, 5) is 0. The van der Waals surface area contributed by atoms with Crippen LogP contribution in [-0.2, 0) is 12.8 Å². The highest BCUT2D eigenvalue weighted by Crippen LogP contribution is 2.34. The van der Waals surface area contributed by atoms with Gasteiger partial charge >= 0.3 is 0 Å². The van der Waals surface area contributed by atoms with Crippen LogP contribution >= 0.6 is 0 Å². The number of hydrogen-bond acceptors (Lipinski definition) is 1. The van der Waals surface area contributed by atoms with Gasteiger partial charge < -0.3 is 5.11 Å². The lowest BCUT2D eigenvalue weighted by molar-refractivity contribution is 0.279. The van der Waals surface area contributed by atoms with E-state index < -0.39 is 0 Å². The van der Waals surface area contributed by atoms with Crippen molar-refractivity contribution in [2.75, 3.05) is 6.61 Å². The monoisotopic (exact) mass is 270 g/mol. The Kier molecular flexibility index (Phi) is 3.83. The lowest BCUT2D eigenvalue weighted by Gasteiger charge is -2.17. The zero-order valence-electron chi connectivity index (χ0n) is 11.5. The van der Waals surface area contributed by atoms with Crippen LogP contribution in [0.1, 0.15) is 41.0 Å². The molecule has 1 nitrogen and oxygen atoms in total. The van der Waals surface area contributed by atoms with Gasteiger partial charge in [0.2, 0.25) is 0 Å². The van der Waals surface area contributed by atoms with Crippen LogP contribution in [0.3, 0.4) is 0 Å². The Morgan fingerprint density at radius 2 is 1.90 bits per heavy atom. The molecule has 1 N–H and O–H groups in total. The lowest BCUT2D eigenvalue weighted by Crippen LogP contribution is -2.05. The van der Waals surface area contributed by atoms with Gasteiger partial charge in [0.15, 0.2) is 0 Å². The smallest absolute Gasteiger partial charge is 0.123 e. The summed E-state index contributed by atoms with van der Waals surface area (Å²) in [6.07, 6.45) is 3.48. The van der Waals surface area contributed by atoms with Crippen LogP contribution in [0.4, 0.5) is 4.39 Å². The van der Waals surface area contributed by atoms with Crippen molar-refractivity contribution < 1.29 is 9.50 Å². The van der Waals surface area contributed by atoms with Crippen LogP contribution in [0.15, 0.2) is 42.5 Å². The Morgan fingerprint density at radius 3 is 2.75 bits per heavy atom. The quantitative estimate of drug-likeness (QED) is 0.898. The van der Waals surface area contributed by atoms with Crippen molar-refractivity contribution in [1.82, 2.24) is 0 Å². The molecule has 0 amide bonds. The van der Waals surface area contributed by atoms with Gasteiger partial charge in [0.1, 0.15) is 5.82 Å². The van der Waals surface area contributed by atoms with E-state index in [2.05, 4.69) is 24.3 Å². The predicted octanol–water partition coefficient (Wildman–Crippen LogP) is 3.83. The Hall–Kier alpha value is -1.67. The molecule has 2 aromatic carbocycles. The summed E-state index contributed by atoms with van der Waals surface area (Å²) >= 11 is 0. The number of hydrogen-bond donors (Lipinski definition) is 1. The van der Waals surface area contributed by atoms with Crippen molar-refractivity contribution in [2.24, 2.45) is 0 Å². The molecule has 2 heteroatoms. The first-order valence-corrected chi connectivity index (χ1v) is 7.24. The lowest BCUT2D eigenvalue weighted by atomic mass is 9.88. The zero-order chi connectivity index (χ0) is 13.9. The summed E-state index contributed by atoms with van der Waals surface area (Å²) < 4.78 is 13.5. The Balaban J connectivity index is 2.02. The normalized spacial score (nSPS) is 17.2. The van der Waals surface area contributed by atoms with Gasteiger partial charge in [-0.3, -0.25) is 0 Å². The maximum Gasteiger partial charge on any atom is 0.123 e. The number of halogens is 1. The first-order valence-electron chi connectivity index (χ1n) is 7.24. The molecule has 0 radical (unpaired) electrons. The molecule has 0 saturated carbocycles. The van der Waals surface area contributed by atoms with E-state index in [9.17, 15) is 4.39 Å². The third-order valence-electron chi connectivity index (χ3n) is 4.22. The Labute approximate surface area is 119 Å². The van der Waals surface area contributed by atoms with Crippen LogP contribution in [-0.4, -0.2) is 11.7 Å². The van der Waals surface area contributed by atoms with Crippen molar-refractivity contribution in [3.63, 3.8) is 0 Å². The highest BCUT2D eigenvalue weighted by molar-refractivity contribution is 5.42. The molecule has 1 unspecified atom stereocenters. The van der Waals surface area contributed by atoms with Gasteiger partial charge in [-0.1, -0.05) is 30.3 Å². The average molecular weight is 270 g/mol. The highest BCUT2D eigenvalue weighted by atomic mass is 19.1. The minimum atomic E-state index is -0.157. The summed E-state index contributed by atoms with van der Waals surface area (Å²) in [7, 11) is 0. The van der Waals surface area contributed by atoms with E-state index in [0.717, 1.165) is 31.2 Å². The molecule has 0 heterocycles. The maximum atomic E-state index is 13.5. The minimum absolute atomic E-state index is 0.157. The summed E-state index contributed by atoms with van der Waals surface area (Å²) in [6, 6.07) is 13.6. The predicted molar refractivity (Wildman–Crippen MR) is 78.4 cm³/mol. The second-order valence-electron chi connectivity index (χ2n) is 5.56. The van der Waals surface area contributed by atoms with Crippen LogP contribution in [0, 0.1) is 5.82 Å². The summed E-state index contributed by atoms with van der Waals surface area (Å²) in [6.45, 7) is 0.217. The van der Waals surface area contributed by atoms with Gasteiger partial charge in [-0.25, -0.2) is 4.39 Å². The fraction of sp³-hybridized carbons (Fsp3) is 0.333. The third-order valence-corrected chi connectivity index (χ3v) is 4.22. The fourth-order valence-corrected chi connectivity index (χ4v) is 3.23. The molecule has 0 fully saturated rings. The summed E-state index contributed by atoms with van der Waals surface area (Å²) in [5, 5.41) is 9.09. The van der Waals surface area contributed by atoms with Gasteiger partial charge in [-0.15, -0.1) is 0 Å². The molecule has 0 saturated heterocycles. The molecule has 1 aliphatic carbocycles. The Bertz CT molecular complexity index is 606. The molecule has 0 aromatic heterocycles. The molecular weight excluding hydrogens is 251 g/mol. The molecule has 1 atom stereocenters. The van der Waals surface area contributed by atoms with E-state index in [-0.39, 0.29) is 12.4 Å². The van der Waals surface area contributed by atoms with Gasteiger partial charge in [0.05, 0.1) is 0 Å². The molecule has 0 aliphatic heterocycles. The zero-order valence-corrected chi connectivity index (χ0v) is 11.5. The molecule has 3 rings (SSSR count). The van der Waals surface area contributed by atoms with Gasteiger partial charge in [-0.2, -0.15) is 0 Å². The largest absolute Gasteiger partial charge is 0.396 e. The standard InChI is InChI=1S/C18H19FO/c19-17-8-7-13-10-14-4-1-2-6-18(14)15(5-3-9-20)11-16(13)12-17/h1-2,4,6-8,12,15,20H,3,5,9-11H2. The fourth-order valence-electron chi connectivity index (χ4n) is 3.23. The van der Waals surface area contributed by atoms with Gasteiger partial charge in [0, 0.05) is 6.61 Å². The minimum Gasteiger partial charge on any atom is -0.396 e. The highest BCUT2D eigenvalue weighted by Gasteiger charge is 2.21. The number of rotatable bonds is 3. The molecule has 2 aromatic rings. The second-order valence-corrected chi connectivity index (χ2v) is 5.56. The van der Waals surface area contributed by atoms with Crippen molar-refractivity contribution >= 4 is 0 Å². The summed E-state index contributed by atoms with van der Waals surface area (Å²) in [5.41, 5.74) is 5.04. The number of aliphatic hydroxyl groups is 1. The molecule has 0 bridgehead atoms. The van der Waals surface area contributed by atoms with E-state index in [1.165, 1.54) is 16.7 Å². The van der Waals surface area contributed by atoms with Crippen LogP contribution in [0.25, 0.3) is 0 Å². The molecule has 20 heavy (non-hydrogen) atoms. The molecule has 1 aliphatic rings. The van der Waals surface area contributed by atoms with Gasteiger partial charge in [0.25, 0.3) is 0 Å². The maximum absolute atomic E-state index is 13.5. The average Bonchev–Trinajstić information content (AvgIpc) is 2.61. The van der Waals surface area contributed by atoms with Crippen molar-refractivity contribution in [1.29, 1.82) is 0 Å². The first-order chi connectivity index (χ1) is 9.78. The van der Waals surface area contributed by atoms with E-state index in [0.29, 0.717) is 5.92 Å². The number of aliphatic hydroxyl groups excluding tert-OH is 1. The van der Waals surface area contributed by atoms with E-state index in [1.807, 2.05) is 6.07 Å². The van der Waals surface area contributed by atoms with E-state index in [1.54, 1.807) is 12.1 Å². The Morgan fingerprint density at radius 1 is 1.05 bits per heavy atom. The third kappa shape index (κ3) is 2.61.